The number of aliphatic hydroxyl groups is 2. The van der Waals surface area contributed by atoms with E-state index in [0.717, 1.165) is 17.4 Å². The second-order valence-corrected chi connectivity index (χ2v) is 12.1. The highest BCUT2D eigenvalue weighted by Crippen LogP contribution is 2.72. The first kappa shape index (κ1) is 24.5. The highest BCUT2D eigenvalue weighted by molar-refractivity contribution is 7.10. The minimum atomic E-state index is -2.32. The van der Waals surface area contributed by atoms with Crippen LogP contribution in [0.2, 0.25) is 0 Å². The van der Waals surface area contributed by atoms with E-state index in [2.05, 4.69) is 0 Å². The van der Waals surface area contributed by atoms with E-state index in [0.29, 0.717) is 0 Å². The van der Waals surface area contributed by atoms with Gasteiger partial charge in [0.15, 0.2) is 29.1 Å². The van der Waals surface area contributed by atoms with Gasteiger partial charge in [0.2, 0.25) is 0 Å². The van der Waals surface area contributed by atoms with Gasteiger partial charge in [0, 0.05) is 16.7 Å². The number of halogens is 3. The fourth-order valence-corrected chi connectivity index (χ4v) is 8.89. The van der Waals surface area contributed by atoms with Crippen molar-refractivity contribution < 1.29 is 42.4 Å². The smallest absolute Gasteiger partial charge is 0.197 e. The molecular formula is C26H27F3O6S. The maximum Gasteiger partial charge on any atom is 0.197 e. The predicted octanol–water partition coefficient (Wildman–Crippen LogP) is 3.53. The molecule has 36 heavy (non-hydrogen) atoms. The topological polar surface area (TPSA) is 93.1 Å². The molecule has 0 radical (unpaired) electrons. The van der Waals surface area contributed by atoms with Crippen LogP contribution in [0, 0.1) is 28.5 Å². The van der Waals surface area contributed by atoms with Gasteiger partial charge in [-0.15, -0.1) is 11.3 Å². The van der Waals surface area contributed by atoms with Crippen LogP contribution in [0.4, 0.5) is 13.2 Å². The summed E-state index contributed by atoms with van der Waals surface area (Å²) in [5.41, 5.74) is -6.86. The van der Waals surface area contributed by atoms with Gasteiger partial charge in [0.1, 0.15) is 18.6 Å². The summed E-state index contributed by atoms with van der Waals surface area (Å²) >= 11 is 1.06. The molecule has 2 heterocycles. The molecule has 0 amide bonds. The van der Waals surface area contributed by atoms with Gasteiger partial charge < -0.3 is 19.7 Å². The number of fused-ring (bicyclic) bond motifs is 7. The molecule has 5 aliphatic rings. The number of aliphatic hydroxyl groups excluding tert-OH is 2. The first-order valence-electron chi connectivity index (χ1n) is 12.1. The number of carbonyl (C=O) groups excluding carboxylic acids is 2. The Balaban J connectivity index is 1.46. The number of carbonyl (C=O) groups is 2. The largest absolute Gasteiger partial charge is 0.390 e. The van der Waals surface area contributed by atoms with Crippen LogP contribution >= 0.6 is 11.3 Å². The molecule has 0 spiro atoms. The number of ketones is 2. The summed E-state index contributed by atoms with van der Waals surface area (Å²) in [5.74, 6) is -3.36. The molecular weight excluding hydrogens is 497 g/mol. The number of hydrogen-bond acceptors (Lipinski definition) is 7. The minimum absolute atomic E-state index is 0.0106. The summed E-state index contributed by atoms with van der Waals surface area (Å²) < 4.78 is 59.5. The lowest BCUT2D eigenvalue weighted by molar-refractivity contribution is -0.235. The van der Waals surface area contributed by atoms with E-state index in [4.69, 9.17) is 9.47 Å². The lowest BCUT2D eigenvalue weighted by Crippen LogP contribution is -2.70. The first-order valence-corrected chi connectivity index (χ1v) is 13.0. The number of thiophene rings is 1. The molecule has 1 saturated heterocycles. The van der Waals surface area contributed by atoms with Crippen LogP contribution in [0.5, 0.6) is 0 Å². The molecule has 6 rings (SSSR count). The van der Waals surface area contributed by atoms with Crippen molar-refractivity contribution in [1.29, 1.82) is 0 Å². The van der Waals surface area contributed by atoms with Crippen LogP contribution in [0.25, 0.3) is 0 Å². The zero-order valence-corrected chi connectivity index (χ0v) is 20.6. The number of allylic oxidation sites excluding steroid dienone is 4. The Morgan fingerprint density at radius 3 is 2.69 bits per heavy atom. The molecule has 3 saturated carbocycles. The lowest BCUT2D eigenvalue weighted by atomic mass is 9.44. The van der Waals surface area contributed by atoms with Crippen LogP contribution in [0.1, 0.15) is 44.3 Å². The maximum absolute atomic E-state index is 17.3. The molecule has 4 fully saturated rings. The maximum atomic E-state index is 17.3. The van der Waals surface area contributed by atoms with Crippen molar-refractivity contribution in [2.45, 2.75) is 69.0 Å². The fraction of sp³-hybridized carbons (Fsp3) is 0.615. The number of alkyl halides is 2. The molecule has 0 bridgehead atoms. The quantitative estimate of drug-likeness (QED) is 0.629. The van der Waals surface area contributed by atoms with Crippen LogP contribution in [-0.2, 0) is 19.1 Å². The second kappa shape index (κ2) is 7.60. The Kier molecular flexibility index (Phi) is 5.17. The fourth-order valence-electron chi connectivity index (χ4n) is 8.16. The number of ether oxygens (including phenoxy) is 2. The van der Waals surface area contributed by atoms with Crippen molar-refractivity contribution in [3.8, 4) is 0 Å². The van der Waals surface area contributed by atoms with Gasteiger partial charge in [0.05, 0.1) is 17.1 Å². The van der Waals surface area contributed by atoms with Crippen LogP contribution in [0.3, 0.4) is 0 Å². The van der Waals surface area contributed by atoms with E-state index in [1.165, 1.54) is 30.5 Å². The zero-order valence-electron chi connectivity index (χ0n) is 19.7. The summed E-state index contributed by atoms with van der Waals surface area (Å²) in [6.45, 7) is 2.30. The van der Waals surface area contributed by atoms with Crippen molar-refractivity contribution in [1.82, 2.24) is 0 Å². The van der Waals surface area contributed by atoms with E-state index in [9.17, 15) is 24.2 Å². The average molecular weight is 525 g/mol. The third-order valence-electron chi connectivity index (χ3n) is 9.79. The second-order valence-electron chi connectivity index (χ2n) is 11.1. The van der Waals surface area contributed by atoms with E-state index in [1.54, 1.807) is 6.92 Å². The van der Waals surface area contributed by atoms with Gasteiger partial charge in [-0.3, -0.25) is 9.59 Å². The van der Waals surface area contributed by atoms with E-state index in [1.807, 2.05) is 0 Å². The predicted molar refractivity (Wildman–Crippen MR) is 122 cm³/mol. The van der Waals surface area contributed by atoms with E-state index >= 15 is 8.78 Å². The molecule has 1 aromatic rings. The van der Waals surface area contributed by atoms with Crippen LogP contribution in [-0.4, -0.2) is 58.0 Å². The molecule has 6 nitrogen and oxygen atoms in total. The molecule has 0 aromatic carbocycles. The summed E-state index contributed by atoms with van der Waals surface area (Å²) in [6.07, 6.45) is -2.12. The minimum Gasteiger partial charge on any atom is -0.390 e. The van der Waals surface area contributed by atoms with E-state index < -0.39 is 82.6 Å². The van der Waals surface area contributed by atoms with Crippen molar-refractivity contribution in [3.63, 3.8) is 0 Å². The van der Waals surface area contributed by atoms with Gasteiger partial charge in [-0.2, -0.15) is 0 Å². The Morgan fingerprint density at radius 2 is 2.03 bits per heavy atom. The number of hydrogen-bond donors (Lipinski definition) is 2. The van der Waals surface area contributed by atoms with Crippen molar-refractivity contribution >= 4 is 22.9 Å². The molecule has 1 aliphatic heterocycles. The Morgan fingerprint density at radius 1 is 1.28 bits per heavy atom. The van der Waals surface area contributed by atoms with Crippen molar-refractivity contribution in [3.05, 3.63) is 45.9 Å². The molecule has 10 atom stereocenters. The SMILES string of the molecule is C[C@]12C=CC(=O)C=C1[C@@H](F)C[C@H]1[C@@H]3C[C@H]4O[C@@H](c5sccc5F)O[C@@]4(C(=O)CO)[C@@]3(C)C[C@H](O)[C@@]12F. The summed E-state index contributed by atoms with van der Waals surface area (Å²) in [5, 5.41) is 22.9. The Hall–Kier alpha value is -1.85. The third kappa shape index (κ3) is 2.67. The summed E-state index contributed by atoms with van der Waals surface area (Å²) in [7, 11) is 0. The number of Topliss-reactive ketones (excluding diaryl/α,β-unsaturated/α-hetero) is 1. The molecule has 194 valence electrons. The molecule has 1 aromatic heterocycles. The zero-order chi connectivity index (χ0) is 25.8. The number of rotatable bonds is 3. The first-order chi connectivity index (χ1) is 16.9. The standard InChI is InChI=1S/C26H27F3O6S/c1-23-5-3-12(31)7-15(23)17(28)8-14-13-9-20-26(19(33)11-30,24(13,2)10-18(32)25(14,23)29)35-22(34-20)21-16(27)4-6-36-21/h3-7,13-14,17-18,20,22,30,32H,8-11H2,1-2H3/t13-,14-,17-,18-,20+,22+,23-,24-,25-,26+/m0/s1. The normalized spacial score (nSPS) is 49.2. The van der Waals surface area contributed by atoms with Gasteiger partial charge in [-0.25, -0.2) is 13.2 Å². The Labute approximate surface area is 209 Å². The van der Waals surface area contributed by atoms with Crippen molar-refractivity contribution in [2.75, 3.05) is 6.61 Å². The highest BCUT2D eigenvalue weighted by Gasteiger charge is 2.80. The van der Waals surface area contributed by atoms with Crippen LogP contribution < -0.4 is 0 Å². The summed E-state index contributed by atoms with van der Waals surface area (Å²) in [6, 6.07) is 1.26. The molecule has 2 N–H and O–H groups in total. The van der Waals surface area contributed by atoms with Crippen LogP contribution in [0.15, 0.2) is 35.2 Å². The van der Waals surface area contributed by atoms with E-state index in [-0.39, 0.29) is 29.7 Å². The lowest BCUT2D eigenvalue weighted by Gasteiger charge is -2.63. The molecule has 10 heteroatoms. The Bertz CT molecular complexity index is 1210. The molecule has 0 unspecified atom stereocenters. The third-order valence-corrected chi connectivity index (χ3v) is 10.7. The highest BCUT2D eigenvalue weighted by atomic mass is 32.1. The van der Waals surface area contributed by atoms with Gasteiger partial charge in [-0.05, 0) is 61.3 Å². The van der Waals surface area contributed by atoms with Gasteiger partial charge in [0.25, 0.3) is 0 Å². The van der Waals surface area contributed by atoms with Crippen molar-refractivity contribution in [2.24, 2.45) is 22.7 Å². The average Bonchev–Trinajstić information content (AvgIpc) is 3.49. The van der Waals surface area contributed by atoms with Gasteiger partial charge >= 0.3 is 0 Å². The molecule has 4 aliphatic carbocycles. The monoisotopic (exact) mass is 524 g/mol. The summed E-state index contributed by atoms with van der Waals surface area (Å²) in [4.78, 5) is 25.5. The van der Waals surface area contributed by atoms with Gasteiger partial charge in [-0.1, -0.05) is 13.0 Å².